The molecule has 0 aromatic carbocycles. The van der Waals surface area contributed by atoms with E-state index in [4.69, 9.17) is 0 Å². The van der Waals surface area contributed by atoms with Crippen molar-refractivity contribution in [1.29, 1.82) is 0 Å². The van der Waals surface area contributed by atoms with Crippen LogP contribution < -0.4 is 0 Å². The van der Waals surface area contributed by atoms with Gasteiger partial charge in [0.2, 0.25) is 0 Å². The predicted octanol–water partition coefficient (Wildman–Crippen LogP) is 3.63. The smallest absolute Gasteiger partial charge is 0.319 e. The van der Waals surface area contributed by atoms with E-state index in [1.165, 1.54) is 0 Å². The molecule has 0 aliphatic rings. The predicted molar refractivity (Wildman–Crippen MR) is 33.9 cm³/mol. The fourth-order valence-electron chi connectivity index (χ4n) is 0.648. The van der Waals surface area contributed by atoms with Crippen LogP contribution in [0.4, 0.5) is 48.3 Å². The van der Waals surface area contributed by atoms with Crippen LogP contribution in [-0.4, -0.2) is 37.5 Å². The van der Waals surface area contributed by atoms with Crippen LogP contribution in [0, 0.1) is 0 Å². The van der Waals surface area contributed by atoms with E-state index in [2.05, 4.69) is 4.74 Å². The van der Waals surface area contributed by atoms with Crippen LogP contribution >= 0.6 is 0 Å². The summed E-state index contributed by atoms with van der Waals surface area (Å²) in [6, 6.07) is 0. The number of rotatable bonds is 4. The Labute approximate surface area is 96.6 Å². The molecule has 0 spiro atoms. The number of alkyl halides is 11. The van der Waals surface area contributed by atoms with Crippen molar-refractivity contribution in [2.45, 2.75) is 30.4 Å². The van der Waals surface area contributed by atoms with Crippen molar-refractivity contribution in [2.24, 2.45) is 0 Å². The summed E-state index contributed by atoms with van der Waals surface area (Å²) in [5, 5.41) is 0. The van der Waals surface area contributed by atoms with Crippen molar-refractivity contribution >= 4 is 0 Å². The summed E-state index contributed by atoms with van der Waals surface area (Å²) >= 11 is 0. The summed E-state index contributed by atoms with van der Waals surface area (Å²) in [5.41, 5.74) is 0. The molecule has 2 nitrogen and oxygen atoms in total. The number of hydrogen-bond acceptors (Lipinski definition) is 2. The van der Waals surface area contributed by atoms with Crippen molar-refractivity contribution in [3.05, 3.63) is 0 Å². The maximum absolute atomic E-state index is 12.9. The van der Waals surface area contributed by atoms with Gasteiger partial charge in [-0.3, -0.25) is 4.74 Å². The summed E-state index contributed by atoms with van der Waals surface area (Å²) in [7, 11) is -0.255. The minimum Gasteiger partial charge on any atom is -0.319 e. The summed E-state index contributed by atoms with van der Waals surface area (Å²) in [5.74, 6) is -6.70. The molecule has 1 atom stereocenters. The lowest BCUT2D eigenvalue weighted by atomic mass is 10.2. The third kappa shape index (κ3) is 3.19. The summed E-state index contributed by atoms with van der Waals surface area (Å²) in [6.45, 7) is 0. The Morgan fingerprint density at radius 2 is 0.947 bits per heavy atom. The minimum absolute atomic E-state index is 0.255. The van der Waals surface area contributed by atoms with Crippen LogP contribution in [0.2, 0.25) is 0 Å². The molecular weight excluding hydrogens is 313 g/mol. The molecular formula is C6H3F11O2. The number of ether oxygens (including phenoxy) is 2. The summed E-state index contributed by atoms with van der Waals surface area (Å²) < 4.78 is 137. The fourth-order valence-corrected chi connectivity index (χ4v) is 0.648. The van der Waals surface area contributed by atoms with Gasteiger partial charge in [0.05, 0.1) is 0 Å². The first-order valence-corrected chi connectivity index (χ1v) is 3.85. The van der Waals surface area contributed by atoms with Crippen molar-refractivity contribution in [3.63, 3.8) is 0 Å². The Balaban J connectivity index is 5.71. The molecule has 0 rings (SSSR count). The average Bonchev–Trinajstić information content (AvgIpc) is 2.13. The lowest BCUT2D eigenvalue weighted by Crippen LogP contribution is -2.62. The van der Waals surface area contributed by atoms with Crippen molar-refractivity contribution in [3.8, 4) is 0 Å². The Morgan fingerprint density at radius 1 is 0.579 bits per heavy atom. The maximum atomic E-state index is 12.9. The van der Waals surface area contributed by atoms with E-state index < -0.39 is 30.4 Å². The lowest BCUT2D eigenvalue weighted by molar-refractivity contribution is -0.526. The van der Waals surface area contributed by atoms with E-state index in [1.807, 2.05) is 0 Å². The number of hydrogen-bond donors (Lipinski definition) is 0. The van der Waals surface area contributed by atoms with Gasteiger partial charge in [-0.15, -0.1) is 0 Å². The molecule has 0 aromatic heterocycles. The van der Waals surface area contributed by atoms with E-state index in [0.717, 1.165) is 0 Å². The highest BCUT2D eigenvalue weighted by Crippen LogP contribution is 2.51. The van der Waals surface area contributed by atoms with Gasteiger partial charge in [0.15, 0.2) is 0 Å². The first-order valence-electron chi connectivity index (χ1n) is 3.85. The second-order valence-corrected chi connectivity index (χ2v) is 2.93. The van der Waals surface area contributed by atoms with Crippen LogP contribution in [0.25, 0.3) is 0 Å². The van der Waals surface area contributed by atoms with Crippen LogP contribution in [0.1, 0.15) is 0 Å². The molecule has 116 valence electrons. The first-order chi connectivity index (χ1) is 8.02. The molecule has 0 amide bonds. The Morgan fingerprint density at radius 3 is 1.16 bits per heavy atom. The van der Waals surface area contributed by atoms with Gasteiger partial charge in [-0.2, -0.15) is 48.3 Å². The summed E-state index contributed by atoms with van der Waals surface area (Å²) in [4.78, 5) is 0. The molecule has 0 bridgehead atoms. The standard InChI is InChI=1S/C6H3F11O2/c1-18-5(14,15)2(7,3(8,9)10)19-6(16,17)4(11,12)13/h1H3. The lowest BCUT2D eigenvalue weighted by Gasteiger charge is -2.35. The quantitative estimate of drug-likeness (QED) is 0.738. The molecule has 0 aliphatic carbocycles. The molecule has 0 aromatic rings. The number of methoxy groups -OCH3 is 1. The van der Waals surface area contributed by atoms with Gasteiger partial charge in [0.1, 0.15) is 0 Å². The van der Waals surface area contributed by atoms with E-state index in [9.17, 15) is 48.3 Å². The largest absolute Gasteiger partial charge is 0.483 e. The van der Waals surface area contributed by atoms with Gasteiger partial charge in [-0.25, -0.2) is 0 Å². The van der Waals surface area contributed by atoms with Crippen molar-refractivity contribution < 1.29 is 57.8 Å². The number of halogens is 11. The van der Waals surface area contributed by atoms with Gasteiger partial charge in [0, 0.05) is 7.11 Å². The zero-order valence-corrected chi connectivity index (χ0v) is 8.47. The van der Waals surface area contributed by atoms with Gasteiger partial charge >= 0.3 is 30.4 Å². The SMILES string of the molecule is COC(F)(F)C(F)(OC(F)(F)C(F)(F)F)C(F)(F)F. The van der Waals surface area contributed by atoms with Gasteiger partial charge in [-0.05, 0) is 0 Å². The Hall–Kier alpha value is -0.850. The highest BCUT2D eigenvalue weighted by atomic mass is 19.4. The van der Waals surface area contributed by atoms with Crippen LogP contribution in [0.3, 0.4) is 0 Å². The third-order valence-corrected chi connectivity index (χ3v) is 1.59. The van der Waals surface area contributed by atoms with Gasteiger partial charge in [0.25, 0.3) is 0 Å². The molecule has 0 saturated heterocycles. The van der Waals surface area contributed by atoms with E-state index >= 15 is 0 Å². The molecule has 19 heavy (non-hydrogen) atoms. The van der Waals surface area contributed by atoms with Crippen LogP contribution in [0.5, 0.6) is 0 Å². The highest BCUT2D eigenvalue weighted by Gasteiger charge is 2.79. The molecule has 13 heteroatoms. The Bertz CT molecular complexity index is 318. The summed E-state index contributed by atoms with van der Waals surface area (Å²) in [6.07, 6.45) is -26.7. The van der Waals surface area contributed by atoms with Crippen LogP contribution in [0.15, 0.2) is 0 Å². The molecule has 0 N–H and O–H groups in total. The van der Waals surface area contributed by atoms with Crippen molar-refractivity contribution in [1.82, 2.24) is 0 Å². The van der Waals surface area contributed by atoms with Gasteiger partial charge < -0.3 is 4.74 Å². The minimum atomic E-state index is -6.93. The highest BCUT2D eigenvalue weighted by molar-refractivity contribution is 4.88. The first kappa shape index (κ1) is 18.1. The molecule has 0 saturated carbocycles. The average molecular weight is 316 g/mol. The maximum Gasteiger partial charge on any atom is 0.483 e. The molecule has 0 heterocycles. The zero-order valence-electron chi connectivity index (χ0n) is 8.47. The van der Waals surface area contributed by atoms with E-state index in [0.29, 0.717) is 0 Å². The molecule has 0 radical (unpaired) electrons. The zero-order chi connectivity index (χ0) is 15.9. The Kier molecular flexibility index (Phi) is 4.40. The second kappa shape index (κ2) is 4.61. The van der Waals surface area contributed by atoms with E-state index in [1.54, 1.807) is 4.74 Å². The fraction of sp³-hybridized carbons (Fsp3) is 1.00. The topological polar surface area (TPSA) is 18.5 Å². The normalized spacial score (nSPS) is 18.3. The third-order valence-electron chi connectivity index (χ3n) is 1.59. The molecule has 0 aliphatic heterocycles. The van der Waals surface area contributed by atoms with E-state index in [-0.39, 0.29) is 7.11 Å². The van der Waals surface area contributed by atoms with Crippen molar-refractivity contribution in [2.75, 3.05) is 7.11 Å². The monoisotopic (exact) mass is 316 g/mol. The van der Waals surface area contributed by atoms with Gasteiger partial charge in [-0.1, -0.05) is 0 Å². The van der Waals surface area contributed by atoms with Crippen LogP contribution in [-0.2, 0) is 9.47 Å². The molecule has 0 fully saturated rings. The molecule has 1 unspecified atom stereocenters. The second-order valence-electron chi connectivity index (χ2n) is 2.93.